The quantitative estimate of drug-likeness (QED) is 0.622. The van der Waals surface area contributed by atoms with E-state index in [9.17, 15) is 9.59 Å². The van der Waals surface area contributed by atoms with Gasteiger partial charge in [0.25, 0.3) is 0 Å². The first kappa shape index (κ1) is 20.4. The Labute approximate surface area is 169 Å². The monoisotopic (exact) mass is 402 g/mol. The first-order chi connectivity index (χ1) is 13.5. The average Bonchev–Trinajstić information content (AvgIpc) is 3.45. The summed E-state index contributed by atoms with van der Waals surface area (Å²) in [5.41, 5.74) is 1.97. The molecule has 150 valence electrons. The predicted octanol–water partition coefficient (Wildman–Crippen LogP) is 3.92. The lowest BCUT2D eigenvalue weighted by molar-refractivity contribution is -0.115. The summed E-state index contributed by atoms with van der Waals surface area (Å²) < 4.78 is 10.3. The van der Waals surface area contributed by atoms with E-state index < -0.39 is 0 Å². The van der Waals surface area contributed by atoms with Crippen molar-refractivity contribution in [1.29, 1.82) is 0 Å². The van der Waals surface area contributed by atoms with E-state index >= 15 is 0 Å². The molecule has 1 unspecified atom stereocenters. The number of carbonyl (C=O) groups excluding carboxylic acids is 2. The Balaban J connectivity index is 1.58. The van der Waals surface area contributed by atoms with Crippen LogP contribution in [0.3, 0.4) is 0 Å². The highest BCUT2D eigenvalue weighted by atomic mass is 32.1. The van der Waals surface area contributed by atoms with Gasteiger partial charge in [-0.15, -0.1) is 11.3 Å². The lowest BCUT2D eigenvalue weighted by Crippen LogP contribution is -2.32. The number of ether oxygens (including phenoxy) is 2. The van der Waals surface area contributed by atoms with Gasteiger partial charge in [-0.1, -0.05) is 12.1 Å². The van der Waals surface area contributed by atoms with E-state index in [2.05, 4.69) is 10.6 Å². The average molecular weight is 403 g/mol. The Morgan fingerprint density at radius 3 is 2.57 bits per heavy atom. The number of esters is 1. The molecule has 0 aliphatic heterocycles. The molecular weight excluding hydrogens is 376 g/mol. The van der Waals surface area contributed by atoms with Gasteiger partial charge < -0.3 is 20.1 Å². The molecule has 2 aromatic rings. The number of amides is 1. The van der Waals surface area contributed by atoms with Gasteiger partial charge in [0.15, 0.2) is 0 Å². The van der Waals surface area contributed by atoms with E-state index in [1.165, 1.54) is 24.2 Å². The van der Waals surface area contributed by atoms with Gasteiger partial charge in [-0.3, -0.25) is 4.79 Å². The summed E-state index contributed by atoms with van der Waals surface area (Å²) in [6.45, 7) is 4.15. The first-order valence-corrected chi connectivity index (χ1v) is 10.3. The third kappa shape index (κ3) is 5.11. The molecule has 1 aromatic carbocycles. The summed E-state index contributed by atoms with van der Waals surface area (Å²) in [6, 6.07) is 9.92. The van der Waals surface area contributed by atoms with Crippen LogP contribution >= 0.6 is 11.3 Å². The molecule has 2 N–H and O–H groups in total. The number of nitrogens with one attached hydrogen (secondary N) is 2. The van der Waals surface area contributed by atoms with Crippen molar-refractivity contribution in [3.63, 3.8) is 0 Å². The summed E-state index contributed by atoms with van der Waals surface area (Å²) in [5, 5.41) is 6.91. The Morgan fingerprint density at radius 2 is 1.96 bits per heavy atom. The van der Waals surface area contributed by atoms with Crippen molar-refractivity contribution in [3.8, 4) is 5.75 Å². The maximum absolute atomic E-state index is 12.4. The fourth-order valence-corrected chi connectivity index (χ4v) is 4.11. The number of methoxy groups -OCH3 is 1. The van der Waals surface area contributed by atoms with Crippen LogP contribution in [0.5, 0.6) is 5.75 Å². The van der Waals surface area contributed by atoms with E-state index in [0.717, 1.165) is 16.9 Å². The topological polar surface area (TPSA) is 76.7 Å². The van der Waals surface area contributed by atoms with Crippen molar-refractivity contribution in [2.45, 2.75) is 32.7 Å². The minimum absolute atomic E-state index is 0.129. The lowest BCUT2D eigenvalue weighted by atomic mass is 10.0. The highest BCUT2D eigenvalue weighted by Crippen LogP contribution is 2.41. The zero-order chi connectivity index (χ0) is 20.1. The Bertz CT molecular complexity index is 827. The van der Waals surface area contributed by atoms with Gasteiger partial charge in [0.1, 0.15) is 10.6 Å². The summed E-state index contributed by atoms with van der Waals surface area (Å²) in [5.74, 6) is 0.898. The second-order valence-corrected chi connectivity index (χ2v) is 7.91. The van der Waals surface area contributed by atoms with Gasteiger partial charge in [0.2, 0.25) is 5.91 Å². The molecule has 0 bridgehead atoms. The smallest absolute Gasteiger partial charge is 0.348 e. The summed E-state index contributed by atoms with van der Waals surface area (Å²) in [7, 11) is 1.65. The Kier molecular flexibility index (Phi) is 6.70. The zero-order valence-corrected chi connectivity index (χ0v) is 17.2. The second-order valence-electron chi connectivity index (χ2n) is 6.86. The van der Waals surface area contributed by atoms with Crippen LogP contribution in [0.4, 0.5) is 5.00 Å². The van der Waals surface area contributed by atoms with Crippen LogP contribution in [0.1, 0.15) is 46.6 Å². The standard InChI is InChI=1S/C21H26N2O4S/c1-4-27-21(25)20-13(2)11-18(28-20)23-17(24)12-22-19(14-5-6-14)15-7-9-16(26-3)10-8-15/h7-11,14,19,22H,4-6,12H2,1-3H3,(H,23,24). The highest BCUT2D eigenvalue weighted by molar-refractivity contribution is 7.18. The summed E-state index contributed by atoms with van der Waals surface area (Å²) in [6.07, 6.45) is 2.33. The molecule has 3 rings (SSSR count). The van der Waals surface area contributed by atoms with Crippen molar-refractivity contribution in [2.24, 2.45) is 5.92 Å². The van der Waals surface area contributed by atoms with Gasteiger partial charge in [-0.2, -0.15) is 0 Å². The molecular formula is C21H26N2O4S. The lowest BCUT2D eigenvalue weighted by Gasteiger charge is -2.19. The minimum atomic E-state index is -0.350. The van der Waals surface area contributed by atoms with Crippen molar-refractivity contribution < 1.29 is 19.1 Å². The Hall–Kier alpha value is -2.38. The Morgan fingerprint density at radius 1 is 1.25 bits per heavy atom. The summed E-state index contributed by atoms with van der Waals surface area (Å²) in [4.78, 5) is 24.9. The molecule has 1 aliphatic rings. The van der Waals surface area contributed by atoms with Crippen LogP contribution < -0.4 is 15.4 Å². The third-order valence-electron chi connectivity index (χ3n) is 4.69. The number of benzene rings is 1. The molecule has 1 aromatic heterocycles. The predicted molar refractivity (Wildman–Crippen MR) is 110 cm³/mol. The number of hydrogen-bond acceptors (Lipinski definition) is 6. The van der Waals surface area contributed by atoms with Crippen molar-refractivity contribution in [2.75, 3.05) is 25.6 Å². The minimum Gasteiger partial charge on any atom is -0.497 e. The first-order valence-electron chi connectivity index (χ1n) is 9.46. The van der Waals surface area contributed by atoms with Crippen LogP contribution in [0.2, 0.25) is 0 Å². The van der Waals surface area contributed by atoms with Gasteiger partial charge in [-0.05, 0) is 61.9 Å². The number of thiophene rings is 1. The van der Waals surface area contributed by atoms with E-state index in [-0.39, 0.29) is 24.5 Å². The molecule has 1 fully saturated rings. The molecule has 0 radical (unpaired) electrons. The number of aryl methyl sites for hydroxylation is 1. The van der Waals surface area contributed by atoms with Crippen LogP contribution in [-0.4, -0.2) is 32.1 Å². The van der Waals surface area contributed by atoms with E-state index in [1.807, 2.05) is 31.2 Å². The summed E-state index contributed by atoms with van der Waals surface area (Å²) >= 11 is 1.24. The van der Waals surface area contributed by atoms with Crippen molar-refractivity contribution >= 4 is 28.2 Å². The zero-order valence-electron chi connectivity index (χ0n) is 16.4. The van der Waals surface area contributed by atoms with Gasteiger partial charge >= 0.3 is 5.97 Å². The van der Waals surface area contributed by atoms with Gasteiger partial charge in [0.05, 0.1) is 25.3 Å². The second kappa shape index (κ2) is 9.21. The molecule has 6 nitrogen and oxygen atoms in total. The maximum atomic E-state index is 12.4. The number of carbonyl (C=O) groups is 2. The fraction of sp³-hybridized carbons (Fsp3) is 0.429. The molecule has 1 atom stereocenters. The van der Waals surface area contributed by atoms with E-state index in [0.29, 0.717) is 22.4 Å². The maximum Gasteiger partial charge on any atom is 0.348 e. The van der Waals surface area contributed by atoms with Crippen molar-refractivity contribution in [1.82, 2.24) is 5.32 Å². The molecule has 1 amide bonds. The highest BCUT2D eigenvalue weighted by Gasteiger charge is 2.32. The largest absolute Gasteiger partial charge is 0.497 e. The van der Waals surface area contributed by atoms with E-state index in [1.54, 1.807) is 20.1 Å². The van der Waals surface area contributed by atoms with Crippen LogP contribution in [0.15, 0.2) is 30.3 Å². The number of hydrogen-bond donors (Lipinski definition) is 2. The van der Waals surface area contributed by atoms with Gasteiger partial charge in [-0.25, -0.2) is 4.79 Å². The SMILES string of the molecule is CCOC(=O)c1sc(NC(=O)CNC(c2ccc(OC)cc2)C2CC2)cc1C. The van der Waals surface area contributed by atoms with Crippen LogP contribution in [-0.2, 0) is 9.53 Å². The van der Waals surface area contributed by atoms with Crippen molar-refractivity contribution in [3.05, 3.63) is 46.3 Å². The van der Waals surface area contributed by atoms with Crippen LogP contribution in [0, 0.1) is 12.8 Å². The molecule has 28 heavy (non-hydrogen) atoms. The normalized spacial score (nSPS) is 14.4. The number of anilines is 1. The van der Waals surface area contributed by atoms with E-state index in [4.69, 9.17) is 9.47 Å². The molecule has 1 heterocycles. The number of rotatable bonds is 9. The van der Waals surface area contributed by atoms with Gasteiger partial charge in [0, 0.05) is 6.04 Å². The molecule has 1 aliphatic carbocycles. The molecule has 1 saturated carbocycles. The molecule has 0 saturated heterocycles. The fourth-order valence-electron chi connectivity index (χ4n) is 3.12. The molecule has 7 heteroatoms. The molecule has 0 spiro atoms. The van der Waals surface area contributed by atoms with Crippen LogP contribution in [0.25, 0.3) is 0 Å². The third-order valence-corrected chi connectivity index (χ3v) is 5.82.